The molecule has 4 rings (SSSR count). The summed E-state index contributed by atoms with van der Waals surface area (Å²) < 4.78 is 0.630. The Balaban J connectivity index is 1.53. The average Bonchev–Trinajstić information content (AvgIpc) is 3.30. The van der Waals surface area contributed by atoms with Crippen molar-refractivity contribution in [3.8, 4) is 0 Å². The topological polar surface area (TPSA) is 184 Å². The normalized spacial score (nSPS) is 20.8. The molecule has 32 heavy (non-hydrogen) atoms. The quantitative estimate of drug-likeness (QED) is 0.189. The maximum atomic E-state index is 12.8. The van der Waals surface area contributed by atoms with E-state index in [1.165, 1.54) is 23.1 Å². The number of nitrogens with two attached hydrogens (primary N) is 1. The Bertz CT molecular complexity index is 1190. The first-order valence-electron chi connectivity index (χ1n) is 8.93. The second kappa shape index (κ2) is 8.65. The van der Waals surface area contributed by atoms with Gasteiger partial charge in [0.15, 0.2) is 15.2 Å². The van der Waals surface area contributed by atoms with Crippen LogP contribution < -0.4 is 11.1 Å². The number of anilines is 1. The summed E-state index contributed by atoms with van der Waals surface area (Å²) in [7, 11) is 0. The summed E-state index contributed by atoms with van der Waals surface area (Å²) in [5, 5.41) is 33.2. The second-order valence-electron chi connectivity index (χ2n) is 6.65. The molecule has 2 aliphatic rings. The zero-order valence-corrected chi connectivity index (χ0v) is 19.3. The van der Waals surface area contributed by atoms with Gasteiger partial charge in [0, 0.05) is 4.91 Å². The summed E-state index contributed by atoms with van der Waals surface area (Å²) in [4.78, 5) is 42.9. The van der Waals surface area contributed by atoms with Crippen molar-refractivity contribution in [2.45, 2.75) is 36.2 Å². The maximum Gasteiger partial charge on any atom is 0.353 e. The fourth-order valence-corrected chi connectivity index (χ4v) is 6.40. The lowest BCUT2D eigenvalue weighted by Gasteiger charge is -2.49. The van der Waals surface area contributed by atoms with E-state index in [0.29, 0.717) is 22.1 Å². The van der Waals surface area contributed by atoms with Crippen molar-refractivity contribution in [1.29, 1.82) is 0 Å². The highest BCUT2D eigenvalue weighted by Crippen LogP contribution is 2.43. The summed E-state index contributed by atoms with van der Waals surface area (Å²) in [5.41, 5.74) is 4.81. The lowest BCUT2D eigenvalue weighted by atomic mass is 9.86. The number of halogens is 1. The molecule has 1 saturated heterocycles. The molecule has 2 aromatic rings. The standard InChI is InChI=1S/C16H14ClN7O5S3/c1-4-21-22-16(30-4)31-6-3-2-5-7(13(26)24(5)10(6)14(27)28)19-12(25)9(23-29)8-11(17)32-15(18)20-8/h5,7,29H,2-3H2,1H3,(H2,18,20)(H,19,25)(H,27,28)/b23-9-. The number of thioether (sulfide) groups is 1. The van der Waals surface area contributed by atoms with Gasteiger partial charge in [0.05, 0.1) is 6.04 Å². The number of carbonyl (C=O) groups excluding carboxylic acids is 2. The van der Waals surface area contributed by atoms with Gasteiger partial charge >= 0.3 is 5.97 Å². The molecule has 2 unspecified atom stereocenters. The molecule has 2 amide bonds. The minimum atomic E-state index is -1.25. The lowest BCUT2D eigenvalue weighted by Crippen LogP contribution is -2.72. The Labute approximate surface area is 197 Å². The molecule has 2 atom stereocenters. The molecule has 4 heterocycles. The monoisotopic (exact) mass is 515 g/mol. The number of amides is 2. The van der Waals surface area contributed by atoms with E-state index < -0.39 is 35.6 Å². The number of oxime groups is 1. The molecule has 0 bridgehead atoms. The van der Waals surface area contributed by atoms with Gasteiger partial charge in [-0.3, -0.25) is 14.5 Å². The van der Waals surface area contributed by atoms with E-state index in [1.54, 1.807) is 6.92 Å². The Kier molecular flexibility index (Phi) is 6.07. The zero-order chi connectivity index (χ0) is 23.2. The molecule has 1 fully saturated rings. The van der Waals surface area contributed by atoms with Crippen molar-refractivity contribution in [3.63, 3.8) is 0 Å². The lowest BCUT2D eigenvalue weighted by molar-refractivity contribution is -0.155. The van der Waals surface area contributed by atoms with Crippen molar-refractivity contribution in [1.82, 2.24) is 25.4 Å². The fraction of sp³-hybridized carbons (Fsp3) is 0.312. The van der Waals surface area contributed by atoms with E-state index in [0.717, 1.165) is 21.2 Å². The number of carboxylic acid groups (broad SMARTS) is 1. The first-order valence-corrected chi connectivity index (χ1v) is 11.8. The van der Waals surface area contributed by atoms with Gasteiger partial charge in [-0.25, -0.2) is 9.78 Å². The van der Waals surface area contributed by atoms with Crippen LogP contribution in [0.15, 0.2) is 20.1 Å². The number of aryl methyl sites for hydroxylation is 1. The molecule has 0 aliphatic carbocycles. The number of rotatable bonds is 6. The summed E-state index contributed by atoms with van der Waals surface area (Å²) in [6.07, 6.45) is 0.796. The van der Waals surface area contributed by atoms with Crippen molar-refractivity contribution in [2.75, 3.05) is 5.73 Å². The van der Waals surface area contributed by atoms with Gasteiger partial charge in [0.1, 0.15) is 26.8 Å². The third-order valence-electron chi connectivity index (χ3n) is 4.74. The van der Waals surface area contributed by atoms with Gasteiger partial charge in [0.2, 0.25) is 0 Å². The van der Waals surface area contributed by atoms with Crippen molar-refractivity contribution in [3.05, 3.63) is 25.6 Å². The number of nitrogens with one attached hydrogen (secondary N) is 1. The van der Waals surface area contributed by atoms with Crippen LogP contribution in [0.4, 0.5) is 5.13 Å². The van der Waals surface area contributed by atoms with Crippen LogP contribution in [-0.4, -0.2) is 66.0 Å². The van der Waals surface area contributed by atoms with Crippen LogP contribution >= 0.6 is 46.0 Å². The van der Waals surface area contributed by atoms with Crippen LogP contribution in [0.25, 0.3) is 0 Å². The Morgan fingerprint density at radius 2 is 2.12 bits per heavy atom. The number of hydrogen-bond acceptors (Lipinski definition) is 12. The molecule has 2 aliphatic heterocycles. The van der Waals surface area contributed by atoms with Gasteiger partial charge in [-0.15, -0.1) is 10.2 Å². The number of thiazole rings is 1. The molecule has 16 heteroatoms. The summed E-state index contributed by atoms with van der Waals surface area (Å²) in [6, 6.07) is -1.55. The number of fused-ring (bicyclic) bond motifs is 1. The Morgan fingerprint density at radius 3 is 2.69 bits per heavy atom. The first kappa shape index (κ1) is 22.4. The van der Waals surface area contributed by atoms with Crippen LogP contribution in [0.2, 0.25) is 4.34 Å². The van der Waals surface area contributed by atoms with Gasteiger partial charge < -0.3 is 21.4 Å². The first-order chi connectivity index (χ1) is 15.2. The third kappa shape index (κ3) is 3.92. The van der Waals surface area contributed by atoms with Crippen LogP contribution in [0.3, 0.4) is 0 Å². The van der Waals surface area contributed by atoms with Gasteiger partial charge in [-0.1, -0.05) is 51.2 Å². The molecule has 168 valence electrons. The van der Waals surface area contributed by atoms with Gasteiger partial charge in [0.25, 0.3) is 11.8 Å². The smallest absolute Gasteiger partial charge is 0.353 e. The summed E-state index contributed by atoms with van der Waals surface area (Å²) in [6.45, 7) is 1.79. The largest absolute Gasteiger partial charge is 0.477 e. The highest BCUT2D eigenvalue weighted by Gasteiger charge is 2.54. The molecule has 2 aromatic heterocycles. The fourth-order valence-electron chi connectivity index (χ4n) is 3.43. The maximum absolute atomic E-state index is 12.8. The van der Waals surface area contributed by atoms with Crippen molar-refractivity contribution in [2.24, 2.45) is 5.16 Å². The van der Waals surface area contributed by atoms with Crippen molar-refractivity contribution < 1.29 is 24.7 Å². The molecule has 0 spiro atoms. The molecular weight excluding hydrogens is 502 g/mol. The van der Waals surface area contributed by atoms with Crippen LogP contribution in [0.1, 0.15) is 23.5 Å². The zero-order valence-electron chi connectivity index (χ0n) is 16.1. The highest BCUT2D eigenvalue weighted by molar-refractivity contribution is 8.04. The minimum absolute atomic E-state index is 0.0503. The van der Waals surface area contributed by atoms with Crippen LogP contribution in [0.5, 0.6) is 0 Å². The summed E-state index contributed by atoms with van der Waals surface area (Å²) >= 11 is 9.36. The summed E-state index contributed by atoms with van der Waals surface area (Å²) in [5.74, 6) is -2.73. The van der Waals surface area contributed by atoms with E-state index in [-0.39, 0.29) is 20.9 Å². The van der Waals surface area contributed by atoms with Crippen LogP contribution in [0, 0.1) is 6.92 Å². The predicted octanol–water partition coefficient (Wildman–Crippen LogP) is 1.29. The number of carbonyl (C=O) groups is 3. The van der Waals surface area contributed by atoms with E-state index >= 15 is 0 Å². The molecule has 0 radical (unpaired) electrons. The van der Waals surface area contributed by atoms with E-state index in [4.69, 9.17) is 17.3 Å². The van der Waals surface area contributed by atoms with E-state index in [2.05, 4.69) is 25.7 Å². The number of aliphatic carboxylic acids is 1. The van der Waals surface area contributed by atoms with Gasteiger partial charge in [-0.2, -0.15) is 0 Å². The molecule has 12 nitrogen and oxygen atoms in total. The second-order valence-corrected chi connectivity index (χ2v) is 10.8. The molecular formula is C16H14ClN7O5S3. The Morgan fingerprint density at radius 1 is 1.38 bits per heavy atom. The minimum Gasteiger partial charge on any atom is -0.477 e. The predicted molar refractivity (Wildman–Crippen MR) is 117 cm³/mol. The van der Waals surface area contributed by atoms with Crippen molar-refractivity contribution >= 4 is 74.7 Å². The van der Waals surface area contributed by atoms with E-state index in [1.807, 2.05) is 0 Å². The third-order valence-corrected chi connectivity index (χ3v) is 7.86. The number of carboxylic acids is 1. The number of nitrogens with zero attached hydrogens (tertiary/aromatic N) is 5. The average molecular weight is 516 g/mol. The molecule has 0 aromatic carbocycles. The number of nitrogen functional groups attached to an aromatic ring is 1. The molecule has 0 saturated carbocycles. The highest BCUT2D eigenvalue weighted by atomic mass is 35.5. The number of allylic oxidation sites excluding steroid dienone is 1. The Hall–Kier alpha value is -2.75. The number of aromatic nitrogens is 3. The number of β-lactam (4-membered cyclic amide) rings is 1. The number of hydrogen-bond donors (Lipinski definition) is 4. The SMILES string of the molecule is Cc1nnc(SC2=C(C(=O)O)N3C(=O)C(NC(=O)/C(=N\O)c4nc(N)sc4Cl)C3CC2)s1. The molecule has 5 N–H and O–H groups in total. The van der Waals surface area contributed by atoms with E-state index in [9.17, 15) is 24.7 Å². The van der Waals surface area contributed by atoms with Crippen LogP contribution in [-0.2, 0) is 14.4 Å². The van der Waals surface area contributed by atoms with Gasteiger partial charge in [-0.05, 0) is 19.8 Å².